The summed E-state index contributed by atoms with van der Waals surface area (Å²) in [5, 5.41) is 7.39. The van der Waals surface area contributed by atoms with Crippen molar-refractivity contribution in [1.82, 2.24) is 19.2 Å². The second-order valence-corrected chi connectivity index (χ2v) is 5.54. The fourth-order valence-corrected chi connectivity index (χ4v) is 2.56. The van der Waals surface area contributed by atoms with Gasteiger partial charge in [0, 0.05) is 11.9 Å². The van der Waals surface area contributed by atoms with Crippen LogP contribution in [0.3, 0.4) is 0 Å². The van der Waals surface area contributed by atoms with Gasteiger partial charge in [-0.15, -0.1) is 5.10 Å². The Bertz CT molecular complexity index is 1090. The Morgan fingerprint density at radius 2 is 1.88 bits per heavy atom. The van der Waals surface area contributed by atoms with Gasteiger partial charge in [-0.3, -0.25) is 0 Å². The molecule has 0 aliphatic rings. The molecule has 124 valence electrons. The summed E-state index contributed by atoms with van der Waals surface area (Å²) in [6.45, 7) is 0.182. The highest BCUT2D eigenvalue weighted by Crippen LogP contribution is 2.13. The molecule has 0 atom stereocenters. The topological polar surface area (TPSA) is 64.2 Å². The summed E-state index contributed by atoms with van der Waals surface area (Å²) in [4.78, 5) is 16.8. The van der Waals surface area contributed by atoms with E-state index in [0.29, 0.717) is 11.4 Å². The molecule has 2 aromatic carbocycles. The molecule has 25 heavy (non-hydrogen) atoms. The Morgan fingerprint density at radius 1 is 1.04 bits per heavy atom. The maximum atomic E-state index is 13.3. The SMILES string of the molecule is O=c1n(Cc2cccc(F)c2)nc2nc(Nc3ccccc3)ccn12. The van der Waals surface area contributed by atoms with Crippen molar-refractivity contribution in [2.45, 2.75) is 6.54 Å². The van der Waals surface area contributed by atoms with Crippen LogP contribution in [-0.4, -0.2) is 19.2 Å². The van der Waals surface area contributed by atoms with Gasteiger partial charge in [0.1, 0.15) is 11.6 Å². The number of para-hydroxylation sites is 1. The Hall–Kier alpha value is -3.48. The van der Waals surface area contributed by atoms with Crippen LogP contribution in [0.2, 0.25) is 0 Å². The van der Waals surface area contributed by atoms with E-state index in [9.17, 15) is 9.18 Å². The molecular formula is C18H14FN5O. The van der Waals surface area contributed by atoms with Gasteiger partial charge < -0.3 is 5.32 Å². The molecule has 1 N–H and O–H groups in total. The van der Waals surface area contributed by atoms with E-state index in [1.54, 1.807) is 24.4 Å². The van der Waals surface area contributed by atoms with Crippen LogP contribution in [0.15, 0.2) is 71.7 Å². The monoisotopic (exact) mass is 335 g/mol. The minimum atomic E-state index is -0.346. The Labute approximate surface area is 142 Å². The molecule has 4 aromatic rings. The van der Waals surface area contributed by atoms with Gasteiger partial charge in [0.25, 0.3) is 5.78 Å². The Kier molecular flexibility index (Phi) is 3.74. The van der Waals surface area contributed by atoms with Crippen LogP contribution in [-0.2, 0) is 6.54 Å². The zero-order chi connectivity index (χ0) is 17.2. The first-order valence-electron chi connectivity index (χ1n) is 7.72. The molecule has 7 heteroatoms. The van der Waals surface area contributed by atoms with Crippen LogP contribution < -0.4 is 11.0 Å². The van der Waals surface area contributed by atoms with Crippen molar-refractivity contribution in [2.75, 3.05) is 5.32 Å². The number of anilines is 2. The Morgan fingerprint density at radius 3 is 2.68 bits per heavy atom. The number of aromatic nitrogens is 4. The molecule has 2 heterocycles. The van der Waals surface area contributed by atoms with E-state index in [1.807, 2.05) is 30.3 Å². The van der Waals surface area contributed by atoms with Crippen molar-refractivity contribution in [1.29, 1.82) is 0 Å². The summed E-state index contributed by atoms with van der Waals surface area (Å²) >= 11 is 0. The third-order valence-corrected chi connectivity index (χ3v) is 3.72. The van der Waals surface area contributed by atoms with E-state index in [1.165, 1.54) is 21.2 Å². The molecular weight excluding hydrogens is 321 g/mol. The maximum absolute atomic E-state index is 13.3. The van der Waals surface area contributed by atoms with Crippen LogP contribution in [0.1, 0.15) is 5.56 Å². The number of fused-ring (bicyclic) bond motifs is 1. The zero-order valence-corrected chi connectivity index (χ0v) is 13.1. The molecule has 0 bridgehead atoms. The minimum absolute atomic E-state index is 0.182. The quantitative estimate of drug-likeness (QED) is 0.623. The molecule has 0 saturated carbocycles. The minimum Gasteiger partial charge on any atom is -0.340 e. The first-order chi connectivity index (χ1) is 12.2. The van der Waals surface area contributed by atoms with E-state index in [-0.39, 0.29) is 23.8 Å². The third-order valence-electron chi connectivity index (χ3n) is 3.72. The number of hydrogen-bond acceptors (Lipinski definition) is 4. The third kappa shape index (κ3) is 3.12. The van der Waals surface area contributed by atoms with Gasteiger partial charge in [-0.1, -0.05) is 30.3 Å². The predicted molar refractivity (Wildman–Crippen MR) is 92.5 cm³/mol. The van der Waals surface area contributed by atoms with Gasteiger partial charge in [0.2, 0.25) is 0 Å². The second-order valence-electron chi connectivity index (χ2n) is 5.54. The van der Waals surface area contributed by atoms with Gasteiger partial charge >= 0.3 is 5.69 Å². The molecule has 4 rings (SSSR count). The van der Waals surface area contributed by atoms with Crippen molar-refractivity contribution in [3.05, 3.63) is 88.7 Å². The molecule has 0 aliphatic carbocycles. The molecule has 2 aromatic heterocycles. The number of benzene rings is 2. The van der Waals surface area contributed by atoms with Crippen molar-refractivity contribution < 1.29 is 4.39 Å². The lowest BCUT2D eigenvalue weighted by atomic mass is 10.2. The van der Waals surface area contributed by atoms with E-state index >= 15 is 0 Å². The normalized spacial score (nSPS) is 10.9. The Balaban J connectivity index is 1.66. The highest BCUT2D eigenvalue weighted by atomic mass is 19.1. The lowest BCUT2D eigenvalue weighted by molar-refractivity contribution is 0.615. The molecule has 0 aliphatic heterocycles. The van der Waals surface area contributed by atoms with Crippen LogP contribution in [0, 0.1) is 5.82 Å². The first kappa shape index (κ1) is 15.1. The van der Waals surface area contributed by atoms with E-state index < -0.39 is 0 Å². The first-order valence-corrected chi connectivity index (χ1v) is 7.72. The summed E-state index contributed by atoms with van der Waals surface area (Å²) in [6, 6.07) is 17.4. The second kappa shape index (κ2) is 6.20. The van der Waals surface area contributed by atoms with Gasteiger partial charge in [0.05, 0.1) is 6.54 Å². The van der Waals surface area contributed by atoms with E-state index in [2.05, 4.69) is 15.4 Å². The van der Waals surface area contributed by atoms with Gasteiger partial charge in [-0.05, 0) is 35.9 Å². The summed E-state index contributed by atoms with van der Waals surface area (Å²) < 4.78 is 15.9. The van der Waals surface area contributed by atoms with Crippen molar-refractivity contribution in [3.8, 4) is 0 Å². The fraction of sp³-hybridized carbons (Fsp3) is 0.0556. The van der Waals surface area contributed by atoms with Crippen molar-refractivity contribution in [2.24, 2.45) is 0 Å². The number of hydrogen-bond donors (Lipinski definition) is 1. The number of rotatable bonds is 4. The molecule has 6 nitrogen and oxygen atoms in total. The van der Waals surface area contributed by atoms with Crippen LogP contribution in [0.25, 0.3) is 5.78 Å². The average molecular weight is 335 g/mol. The largest absolute Gasteiger partial charge is 0.351 e. The van der Waals surface area contributed by atoms with E-state index in [4.69, 9.17) is 0 Å². The predicted octanol–water partition coefficient (Wildman–Crippen LogP) is 2.82. The molecule has 0 fully saturated rings. The standard InChI is InChI=1S/C18H14FN5O/c19-14-6-4-5-13(11-14)12-24-18(25)23-10-9-16(21-17(23)22-24)20-15-7-2-1-3-8-15/h1-11H,12H2,(H,20,21,22). The van der Waals surface area contributed by atoms with Crippen molar-refractivity contribution >= 4 is 17.3 Å². The molecule has 0 unspecified atom stereocenters. The lowest BCUT2D eigenvalue weighted by Gasteiger charge is -2.04. The molecule has 0 radical (unpaired) electrons. The molecule has 0 spiro atoms. The van der Waals surface area contributed by atoms with Gasteiger partial charge in [-0.25, -0.2) is 18.3 Å². The highest BCUT2D eigenvalue weighted by molar-refractivity contribution is 5.56. The van der Waals surface area contributed by atoms with E-state index in [0.717, 1.165) is 5.69 Å². The number of nitrogens with one attached hydrogen (secondary N) is 1. The summed E-state index contributed by atoms with van der Waals surface area (Å²) in [5.41, 5.74) is 1.23. The smallest absolute Gasteiger partial charge is 0.340 e. The fourth-order valence-electron chi connectivity index (χ4n) is 2.56. The zero-order valence-electron chi connectivity index (χ0n) is 13.1. The summed E-state index contributed by atoms with van der Waals surface area (Å²) in [6.07, 6.45) is 1.62. The maximum Gasteiger partial charge on any atom is 0.351 e. The summed E-state index contributed by atoms with van der Waals surface area (Å²) in [5.74, 6) is 0.519. The van der Waals surface area contributed by atoms with Crippen LogP contribution >= 0.6 is 0 Å². The van der Waals surface area contributed by atoms with Crippen LogP contribution in [0.4, 0.5) is 15.9 Å². The summed E-state index contributed by atoms with van der Waals surface area (Å²) in [7, 11) is 0. The van der Waals surface area contributed by atoms with Gasteiger partial charge in [0.15, 0.2) is 0 Å². The number of halogens is 1. The molecule has 0 amide bonds. The number of nitrogens with zero attached hydrogens (tertiary/aromatic N) is 4. The van der Waals surface area contributed by atoms with Crippen LogP contribution in [0.5, 0.6) is 0 Å². The van der Waals surface area contributed by atoms with Gasteiger partial charge in [-0.2, -0.15) is 4.98 Å². The lowest BCUT2D eigenvalue weighted by Crippen LogP contribution is -2.21. The average Bonchev–Trinajstić information content (AvgIpc) is 2.91. The molecule has 0 saturated heterocycles. The van der Waals surface area contributed by atoms with Crippen molar-refractivity contribution in [3.63, 3.8) is 0 Å². The highest BCUT2D eigenvalue weighted by Gasteiger charge is 2.09.